The molecule has 0 radical (unpaired) electrons. The van der Waals surface area contributed by atoms with Crippen molar-refractivity contribution in [3.05, 3.63) is 64.7 Å². The molecule has 6 nitrogen and oxygen atoms in total. The minimum Gasteiger partial charge on any atom is -0.507 e. The van der Waals surface area contributed by atoms with E-state index in [1.165, 1.54) is 0 Å². The third-order valence-electron chi connectivity index (χ3n) is 5.95. The number of unbranched alkanes of at least 4 members (excludes halogenated alkanes) is 1. The average Bonchev–Trinajstić information content (AvgIpc) is 3.28. The molecule has 1 amide bonds. The first kappa shape index (κ1) is 21.9. The summed E-state index contributed by atoms with van der Waals surface area (Å²) in [5.74, 6) is 0.0603. The highest BCUT2D eigenvalue weighted by molar-refractivity contribution is 6.46. The van der Waals surface area contributed by atoms with Gasteiger partial charge in [-0.25, -0.2) is 0 Å². The molecule has 1 N–H and O–H groups in total. The van der Waals surface area contributed by atoms with E-state index in [9.17, 15) is 14.7 Å². The topological polar surface area (TPSA) is 76.1 Å². The Morgan fingerprint density at radius 3 is 2.75 bits per heavy atom. The highest BCUT2D eigenvalue weighted by Gasteiger charge is 2.46. The number of ketones is 1. The van der Waals surface area contributed by atoms with Crippen molar-refractivity contribution in [2.24, 2.45) is 0 Å². The van der Waals surface area contributed by atoms with E-state index in [2.05, 4.69) is 0 Å². The fourth-order valence-electron chi connectivity index (χ4n) is 4.45. The number of aliphatic hydroxyl groups is 1. The van der Waals surface area contributed by atoms with Crippen LogP contribution in [0.5, 0.6) is 11.5 Å². The van der Waals surface area contributed by atoms with Crippen LogP contribution in [0.15, 0.2) is 48.0 Å². The van der Waals surface area contributed by atoms with E-state index in [1.54, 1.807) is 11.0 Å². The first-order valence-electron chi connectivity index (χ1n) is 11.3. The quantitative estimate of drug-likeness (QED) is 0.390. The van der Waals surface area contributed by atoms with Gasteiger partial charge in [-0.1, -0.05) is 25.5 Å². The molecule has 4 rings (SSSR count). The number of hydrogen-bond acceptors (Lipinski definition) is 5. The molecule has 2 aromatic carbocycles. The van der Waals surface area contributed by atoms with Crippen molar-refractivity contribution in [1.82, 2.24) is 4.90 Å². The molecule has 1 fully saturated rings. The summed E-state index contributed by atoms with van der Waals surface area (Å²) in [6, 6.07) is 12.1. The number of Topliss-reactive ketones (excluding diaryl/α,β-unsaturated/α-hetero) is 1. The number of fused-ring (bicyclic) bond motifs is 1. The second-order valence-electron chi connectivity index (χ2n) is 8.31. The van der Waals surface area contributed by atoms with E-state index in [-0.39, 0.29) is 17.4 Å². The third-order valence-corrected chi connectivity index (χ3v) is 5.95. The van der Waals surface area contributed by atoms with Crippen LogP contribution in [0.3, 0.4) is 0 Å². The maximum Gasteiger partial charge on any atom is 0.295 e. The minimum absolute atomic E-state index is 0.0725. The number of rotatable bonds is 7. The van der Waals surface area contributed by atoms with E-state index in [4.69, 9.17) is 9.47 Å². The van der Waals surface area contributed by atoms with E-state index >= 15 is 0 Å². The minimum atomic E-state index is -0.662. The molecule has 0 spiro atoms. The van der Waals surface area contributed by atoms with Crippen LogP contribution in [0.25, 0.3) is 5.76 Å². The van der Waals surface area contributed by atoms with Gasteiger partial charge in [-0.3, -0.25) is 9.59 Å². The van der Waals surface area contributed by atoms with Gasteiger partial charge in [0.15, 0.2) is 0 Å². The number of hydrogen-bond donors (Lipinski definition) is 1. The zero-order chi connectivity index (χ0) is 22.8. The summed E-state index contributed by atoms with van der Waals surface area (Å²) in [6.45, 7) is 6.88. The zero-order valence-corrected chi connectivity index (χ0v) is 18.8. The molecule has 2 aromatic rings. The van der Waals surface area contributed by atoms with Gasteiger partial charge in [-0.2, -0.15) is 0 Å². The number of benzene rings is 2. The smallest absolute Gasteiger partial charge is 0.295 e. The van der Waals surface area contributed by atoms with Gasteiger partial charge in [0.1, 0.15) is 23.4 Å². The summed E-state index contributed by atoms with van der Waals surface area (Å²) >= 11 is 0. The van der Waals surface area contributed by atoms with Crippen LogP contribution < -0.4 is 9.47 Å². The molecule has 168 valence electrons. The van der Waals surface area contributed by atoms with E-state index in [0.29, 0.717) is 24.5 Å². The lowest BCUT2D eigenvalue weighted by Crippen LogP contribution is -2.30. The molecule has 1 saturated heterocycles. The van der Waals surface area contributed by atoms with Crippen molar-refractivity contribution in [3.63, 3.8) is 0 Å². The number of nitrogens with zero attached hydrogens (tertiary/aromatic N) is 1. The SMILES string of the molecule is CCCCN1C(=O)C(=O)/C(=C(\O)c2ccc3c(c2)CC(C)O3)C1c1cccc(OCC)c1. The number of aliphatic hydroxyl groups excluding tert-OH is 1. The van der Waals surface area contributed by atoms with Crippen LogP contribution >= 0.6 is 0 Å². The highest BCUT2D eigenvalue weighted by Crippen LogP contribution is 2.41. The van der Waals surface area contributed by atoms with Gasteiger partial charge in [-0.15, -0.1) is 0 Å². The maximum atomic E-state index is 13.1. The normalized spacial score (nSPS) is 21.5. The van der Waals surface area contributed by atoms with E-state index in [0.717, 1.165) is 36.1 Å². The molecule has 2 aliphatic rings. The molecule has 0 aliphatic carbocycles. The number of carbonyl (C=O) groups excluding carboxylic acids is 2. The first-order chi connectivity index (χ1) is 15.4. The van der Waals surface area contributed by atoms with Crippen LogP contribution in [0.4, 0.5) is 0 Å². The molecular weight excluding hydrogens is 406 g/mol. The van der Waals surface area contributed by atoms with Crippen LogP contribution in [-0.2, 0) is 16.0 Å². The molecule has 6 heteroatoms. The molecule has 2 aliphatic heterocycles. The second-order valence-corrected chi connectivity index (χ2v) is 8.31. The predicted molar refractivity (Wildman–Crippen MR) is 122 cm³/mol. The van der Waals surface area contributed by atoms with Crippen molar-refractivity contribution in [1.29, 1.82) is 0 Å². The van der Waals surface area contributed by atoms with Crippen LogP contribution in [0, 0.1) is 0 Å². The molecule has 0 saturated carbocycles. The molecular formula is C26H29NO5. The standard InChI is InChI=1S/C26H29NO5/c1-4-6-12-27-23(17-8-7-9-20(15-17)31-5-2)22(25(29)26(27)30)24(28)18-10-11-21-19(14-18)13-16(3)32-21/h7-11,14-16,23,28H,4-6,12-13H2,1-3H3/b24-22-. The highest BCUT2D eigenvalue weighted by atomic mass is 16.5. The first-order valence-corrected chi connectivity index (χ1v) is 11.3. The summed E-state index contributed by atoms with van der Waals surface area (Å²) in [7, 11) is 0. The van der Waals surface area contributed by atoms with Crippen LogP contribution in [-0.4, -0.2) is 41.0 Å². The summed E-state index contributed by atoms with van der Waals surface area (Å²) in [4.78, 5) is 27.6. The number of likely N-dealkylation sites (tertiary alicyclic amines) is 1. The molecule has 0 bridgehead atoms. The summed E-state index contributed by atoms with van der Waals surface area (Å²) in [5.41, 5.74) is 2.36. The third kappa shape index (κ3) is 3.97. The molecule has 2 unspecified atom stereocenters. The lowest BCUT2D eigenvalue weighted by atomic mass is 9.94. The Balaban J connectivity index is 1.82. The summed E-state index contributed by atoms with van der Waals surface area (Å²) in [5, 5.41) is 11.3. The molecule has 2 heterocycles. The van der Waals surface area contributed by atoms with Crippen molar-refractivity contribution in [2.75, 3.05) is 13.2 Å². The molecule has 0 aromatic heterocycles. The van der Waals surface area contributed by atoms with Crippen LogP contribution in [0.2, 0.25) is 0 Å². The largest absolute Gasteiger partial charge is 0.507 e. The number of amides is 1. The Hall–Kier alpha value is -3.28. The summed E-state index contributed by atoms with van der Waals surface area (Å²) in [6.07, 6.45) is 2.46. The van der Waals surface area contributed by atoms with Crippen molar-refractivity contribution in [3.8, 4) is 11.5 Å². The Labute approximate surface area is 188 Å². The second kappa shape index (κ2) is 9.07. The molecule has 2 atom stereocenters. The average molecular weight is 436 g/mol. The lowest BCUT2D eigenvalue weighted by Gasteiger charge is -2.25. The Kier molecular flexibility index (Phi) is 6.21. The predicted octanol–water partition coefficient (Wildman–Crippen LogP) is 4.63. The van der Waals surface area contributed by atoms with Gasteiger partial charge in [0.25, 0.3) is 11.7 Å². The van der Waals surface area contributed by atoms with Gasteiger partial charge in [0.05, 0.1) is 18.2 Å². The Morgan fingerprint density at radius 2 is 2.00 bits per heavy atom. The fourth-order valence-corrected chi connectivity index (χ4v) is 4.45. The zero-order valence-electron chi connectivity index (χ0n) is 18.8. The van der Waals surface area contributed by atoms with Crippen LogP contribution in [0.1, 0.15) is 56.3 Å². The Morgan fingerprint density at radius 1 is 1.19 bits per heavy atom. The van der Waals surface area contributed by atoms with Gasteiger partial charge in [-0.05, 0) is 61.7 Å². The van der Waals surface area contributed by atoms with Gasteiger partial charge >= 0.3 is 0 Å². The summed E-state index contributed by atoms with van der Waals surface area (Å²) < 4.78 is 11.4. The van der Waals surface area contributed by atoms with Crippen molar-refractivity contribution < 1.29 is 24.2 Å². The number of carbonyl (C=O) groups is 2. The van der Waals surface area contributed by atoms with Gasteiger partial charge < -0.3 is 19.5 Å². The van der Waals surface area contributed by atoms with Crippen molar-refractivity contribution >= 4 is 17.4 Å². The lowest BCUT2D eigenvalue weighted by molar-refractivity contribution is -0.139. The Bertz CT molecular complexity index is 1070. The molecule has 32 heavy (non-hydrogen) atoms. The number of ether oxygens (including phenoxy) is 2. The monoisotopic (exact) mass is 435 g/mol. The van der Waals surface area contributed by atoms with E-state index in [1.807, 2.05) is 57.2 Å². The fraction of sp³-hybridized carbons (Fsp3) is 0.385. The van der Waals surface area contributed by atoms with Gasteiger partial charge in [0.2, 0.25) is 0 Å². The van der Waals surface area contributed by atoms with Gasteiger partial charge in [0, 0.05) is 18.5 Å². The van der Waals surface area contributed by atoms with Crippen molar-refractivity contribution in [2.45, 2.75) is 52.2 Å². The van der Waals surface area contributed by atoms with E-state index < -0.39 is 17.7 Å². The maximum absolute atomic E-state index is 13.1.